The molecule has 0 saturated carbocycles. The predicted molar refractivity (Wildman–Crippen MR) is 96.7 cm³/mol. The minimum absolute atomic E-state index is 0.0780. The monoisotopic (exact) mass is 363 g/mol. The summed E-state index contributed by atoms with van der Waals surface area (Å²) in [6.45, 7) is 0.975. The number of anilines is 1. The highest BCUT2D eigenvalue weighted by Gasteiger charge is 2.22. The number of carbonyl (C=O) groups is 2. The highest BCUT2D eigenvalue weighted by atomic mass is 16.5. The van der Waals surface area contributed by atoms with E-state index in [-0.39, 0.29) is 17.5 Å². The summed E-state index contributed by atoms with van der Waals surface area (Å²) in [4.78, 5) is 34.1. The molecule has 1 saturated heterocycles. The number of hydrogen-bond acceptors (Lipinski definition) is 6. The van der Waals surface area contributed by atoms with Gasteiger partial charge in [-0.3, -0.25) is 19.5 Å². The van der Waals surface area contributed by atoms with Gasteiger partial charge in [-0.1, -0.05) is 5.16 Å². The molecule has 0 spiro atoms. The van der Waals surface area contributed by atoms with Crippen LogP contribution in [0.4, 0.5) is 5.82 Å². The van der Waals surface area contributed by atoms with Crippen LogP contribution in [0, 0.1) is 0 Å². The Hall–Kier alpha value is -3.55. The largest absolute Gasteiger partial charge is 0.355 e. The molecule has 2 amide bonds. The average Bonchev–Trinajstić information content (AvgIpc) is 3.36. The molecule has 1 aliphatic rings. The van der Waals surface area contributed by atoms with Crippen molar-refractivity contribution in [1.29, 1.82) is 0 Å². The van der Waals surface area contributed by atoms with Gasteiger partial charge in [0, 0.05) is 49.7 Å². The Morgan fingerprint density at radius 3 is 2.96 bits per heavy atom. The van der Waals surface area contributed by atoms with E-state index in [1.807, 2.05) is 12.1 Å². The van der Waals surface area contributed by atoms with E-state index >= 15 is 0 Å². The van der Waals surface area contributed by atoms with E-state index in [0.717, 1.165) is 17.5 Å². The van der Waals surface area contributed by atoms with Crippen molar-refractivity contribution in [2.45, 2.75) is 19.4 Å². The molecule has 4 heterocycles. The Balaban J connectivity index is 1.41. The van der Waals surface area contributed by atoms with Crippen LogP contribution in [0.5, 0.6) is 0 Å². The van der Waals surface area contributed by atoms with Gasteiger partial charge >= 0.3 is 0 Å². The minimum atomic E-state index is -0.343. The highest BCUT2D eigenvalue weighted by molar-refractivity contribution is 5.94. The molecular weight excluding hydrogens is 346 g/mol. The standard InChI is InChI=1S/C19H17N5O3/c25-18-4-2-8-24(18)17-9-13(5-7-21-17)11-22-19(26)15-10-16(27-23-15)14-3-1-6-20-12-14/h1,3,5-7,9-10,12H,2,4,8,11H2,(H,22,26). The number of aromatic nitrogens is 3. The van der Waals surface area contributed by atoms with Crippen molar-refractivity contribution in [1.82, 2.24) is 20.4 Å². The number of nitrogens with zero attached hydrogens (tertiary/aromatic N) is 4. The van der Waals surface area contributed by atoms with Crippen LogP contribution in [0.2, 0.25) is 0 Å². The minimum Gasteiger partial charge on any atom is -0.355 e. The summed E-state index contributed by atoms with van der Waals surface area (Å²) in [6.07, 6.45) is 6.33. The SMILES string of the molecule is O=C(NCc1ccnc(N2CCCC2=O)c1)c1cc(-c2cccnc2)on1. The fraction of sp³-hybridized carbons (Fsp3) is 0.211. The van der Waals surface area contributed by atoms with Gasteiger partial charge in [0.1, 0.15) is 5.82 Å². The maximum absolute atomic E-state index is 12.3. The summed E-state index contributed by atoms with van der Waals surface area (Å²) in [5, 5.41) is 6.62. The van der Waals surface area contributed by atoms with Gasteiger partial charge in [0.05, 0.1) is 0 Å². The fourth-order valence-electron chi connectivity index (χ4n) is 2.91. The molecule has 0 aliphatic carbocycles. The number of nitrogens with one attached hydrogen (secondary N) is 1. The lowest BCUT2D eigenvalue weighted by atomic mass is 10.2. The second-order valence-corrected chi connectivity index (χ2v) is 6.17. The zero-order chi connectivity index (χ0) is 18.6. The van der Waals surface area contributed by atoms with Crippen molar-refractivity contribution in [3.63, 3.8) is 0 Å². The molecule has 3 aromatic heterocycles. The molecule has 0 aromatic carbocycles. The Kier molecular flexibility index (Phi) is 4.61. The van der Waals surface area contributed by atoms with Crippen LogP contribution in [-0.4, -0.2) is 33.5 Å². The smallest absolute Gasteiger partial charge is 0.273 e. The summed E-state index contributed by atoms with van der Waals surface area (Å²) in [6, 6.07) is 8.80. The van der Waals surface area contributed by atoms with E-state index in [1.165, 1.54) is 0 Å². The molecule has 0 atom stereocenters. The number of pyridine rings is 2. The number of hydrogen-bond donors (Lipinski definition) is 1. The van der Waals surface area contributed by atoms with E-state index < -0.39 is 0 Å². The van der Waals surface area contributed by atoms with Gasteiger partial charge in [-0.2, -0.15) is 0 Å². The summed E-state index contributed by atoms with van der Waals surface area (Å²) in [5.74, 6) is 0.829. The molecule has 1 fully saturated rings. The van der Waals surface area contributed by atoms with Crippen molar-refractivity contribution < 1.29 is 14.1 Å². The van der Waals surface area contributed by atoms with Crippen molar-refractivity contribution in [2.24, 2.45) is 0 Å². The van der Waals surface area contributed by atoms with Gasteiger partial charge in [-0.15, -0.1) is 0 Å². The second kappa shape index (κ2) is 7.36. The lowest BCUT2D eigenvalue weighted by Gasteiger charge is -2.15. The first kappa shape index (κ1) is 16.9. The average molecular weight is 363 g/mol. The van der Waals surface area contributed by atoms with Gasteiger partial charge in [0.25, 0.3) is 5.91 Å². The first-order chi connectivity index (χ1) is 13.2. The van der Waals surface area contributed by atoms with E-state index in [9.17, 15) is 9.59 Å². The van der Waals surface area contributed by atoms with Crippen LogP contribution in [0.25, 0.3) is 11.3 Å². The van der Waals surface area contributed by atoms with E-state index in [0.29, 0.717) is 31.1 Å². The molecule has 0 unspecified atom stereocenters. The normalized spacial score (nSPS) is 13.8. The zero-order valence-electron chi connectivity index (χ0n) is 14.5. The lowest BCUT2D eigenvalue weighted by Crippen LogP contribution is -2.26. The van der Waals surface area contributed by atoms with Crippen LogP contribution < -0.4 is 10.2 Å². The molecular formula is C19H17N5O3. The third kappa shape index (κ3) is 3.69. The van der Waals surface area contributed by atoms with E-state index in [1.54, 1.807) is 41.7 Å². The molecule has 8 nitrogen and oxygen atoms in total. The van der Waals surface area contributed by atoms with Gasteiger partial charge in [0.15, 0.2) is 11.5 Å². The van der Waals surface area contributed by atoms with Gasteiger partial charge in [-0.25, -0.2) is 4.98 Å². The maximum atomic E-state index is 12.3. The van der Waals surface area contributed by atoms with Crippen LogP contribution in [0.3, 0.4) is 0 Å². The van der Waals surface area contributed by atoms with Crippen LogP contribution in [-0.2, 0) is 11.3 Å². The van der Waals surface area contributed by atoms with Crippen LogP contribution >= 0.6 is 0 Å². The van der Waals surface area contributed by atoms with Crippen LogP contribution in [0.15, 0.2) is 53.4 Å². The summed E-state index contributed by atoms with van der Waals surface area (Å²) in [7, 11) is 0. The topological polar surface area (TPSA) is 101 Å². The summed E-state index contributed by atoms with van der Waals surface area (Å²) >= 11 is 0. The zero-order valence-corrected chi connectivity index (χ0v) is 14.5. The first-order valence-electron chi connectivity index (χ1n) is 8.61. The van der Waals surface area contributed by atoms with Crippen molar-refractivity contribution in [3.8, 4) is 11.3 Å². The summed E-state index contributed by atoms with van der Waals surface area (Å²) in [5.41, 5.74) is 1.79. The molecule has 0 radical (unpaired) electrons. The van der Waals surface area contributed by atoms with Gasteiger partial charge in [0.2, 0.25) is 5.91 Å². The molecule has 8 heteroatoms. The first-order valence-corrected chi connectivity index (χ1v) is 8.61. The second-order valence-electron chi connectivity index (χ2n) is 6.17. The highest BCUT2D eigenvalue weighted by Crippen LogP contribution is 2.20. The van der Waals surface area contributed by atoms with Crippen molar-refractivity contribution in [3.05, 3.63) is 60.2 Å². The fourth-order valence-corrected chi connectivity index (χ4v) is 2.91. The Morgan fingerprint density at radius 2 is 2.19 bits per heavy atom. The van der Waals surface area contributed by atoms with Gasteiger partial charge in [-0.05, 0) is 36.2 Å². The number of carbonyl (C=O) groups excluding carboxylic acids is 2. The Morgan fingerprint density at radius 1 is 1.26 bits per heavy atom. The Labute approximate surface area is 155 Å². The molecule has 1 aliphatic heterocycles. The molecule has 136 valence electrons. The lowest BCUT2D eigenvalue weighted by molar-refractivity contribution is -0.117. The Bertz CT molecular complexity index is 970. The quantitative estimate of drug-likeness (QED) is 0.746. The van der Waals surface area contributed by atoms with Crippen LogP contribution in [0.1, 0.15) is 28.9 Å². The summed E-state index contributed by atoms with van der Waals surface area (Å²) < 4.78 is 5.22. The maximum Gasteiger partial charge on any atom is 0.273 e. The van der Waals surface area contributed by atoms with Gasteiger partial charge < -0.3 is 9.84 Å². The number of rotatable bonds is 5. The molecule has 3 aromatic rings. The van der Waals surface area contributed by atoms with E-state index in [4.69, 9.17) is 4.52 Å². The van der Waals surface area contributed by atoms with Crippen molar-refractivity contribution in [2.75, 3.05) is 11.4 Å². The van der Waals surface area contributed by atoms with Crippen molar-refractivity contribution >= 4 is 17.6 Å². The third-order valence-corrected chi connectivity index (χ3v) is 4.30. The third-order valence-electron chi connectivity index (χ3n) is 4.30. The number of amides is 2. The van der Waals surface area contributed by atoms with E-state index in [2.05, 4.69) is 20.4 Å². The molecule has 1 N–H and O–H groups in total. The predicted octanol–water partition coefficient (Wildman–Crippen LogP) is 2.19. The molecule has 4 rings (SSSR count). The molecule has 0 bridgehead atoms. The molecule has 27 heavy (non-hydrogen) atoms.